The number of unbranched alkanes of at least 4 members (excludes halogenated alkanes) is 1. The first-order valence-corrected chi connectivity index (χ1v) is 7.38. The van der Waals surface area contributed by atoms with Crippen molar-refractivity contribution < 1.29 is 0 Å². The van der Waals surface area contributed by atoms with Gasteiger partial charge in [-0.2, -0.15) is 0 Å². The highest BCUT2D eigenvalue weighted by Crippen LogP contribution is 2.24. The van der Waals surface area contributed by atoms with Gasteiger partial charge >= 0.3 is 0 Å². The van der Waals surface area contributed by atoms with E-state index in [1.54, 1.807) is 0 Å². The molecule has 92 valence electrons. The highest BCUT2D eigenvalue weighted by atomic mass is 35.5. The lowest BCUT2D eigenvalue weighted by Crippen LogP contribution is -2.25. The lowest BCUT2D eigenvalue weighted by molar-refractivity contribution is 0.447. The Labute approximate surface area is 112 Å². The lowest BCUT2D eigenvalue weighted by atomic mass is 10.3. The molecule has 1 aliphatic rings. The van der Waals surface area contributed by atoms with Crippen LogP contribution < -0.4 is 0 Å². The van der Waals surface area contributed by atoms with E-state index in [0.29, 0.717) is 0 Å². The zero-order valence-corrected chi connectivity index (χ0v) is 11.6. The number of hydrogen-bond donors (Lipinski definition) is 0. The molecule has 4 heteroatoms. The summed E-state index contributed by atoms with van der Waals surface area (Å²) in [5.41, 5.74) is 0.948. The Balaban J connectivity index is 2.09. The monoisotopic (exact) mass is 268 g/mol. The molecule has 1 fully saturated rings. The molecule has 0 unspecified atom stereocenters. The minimum absolute atomic E-state index is 0.745. The molecule has 0 radical (unpaired) electrons. The van der Waals surface area contributed by atoms with Crippen LogP contribution in [0, 0.1) is 0 Å². The van der Waals surface area contributed by atoms with Crippen molar-refractivity contribution in [2.45, 2.75) is 19.8 Å². The number of thioether (sulfide) groups is 1. The first-order chi connectivity index (χ1) is 8.29. The maximum atomic E-state index is 5.96. The number of amidine groups is 1. The molecule has 0 amide bonds. The average molecular weight is 269 g/mol. The first kappa shape index (κ1) is 12.8. The SMILES string of the molecule is CCCCN1CCSC1=Nc1cccc(Cl)c1. The zero-order valence-electron chi connectivity index (χ0n) is 10.0. The van der Waals surface area contributed by atoms with Gasteiger partial charge in [0, 0.05) is 23.9 Å². The highest BCUT2D eigenvalue weighted by Gasteiger charge is 2.18. The molecule has 2 rings (SSSR count). The van der Waals surface area contributed by atoms with Gasteiger partial charge in [-0.1, -0.05) is 42.8 Å². The van der Waals surface area contributed by atoms with Gasteiger partial charge in [0.05, 0.1) is 5.69 Å². The van der Waals surface area contributed by atoms with Gasteiger partial charge in [-0.15, -0.1) is 0 Å². The lowest BCUT2D eigenvalue weighted by Gasteiger charge is -2.17. The zero-order chi connectivity index (χ0) is 12.1. The van der Waals surface area contributed by atoms with Gasteiger partial charge in [-0.25, -0.2) is 4.99 Å². The van der Waals surface area contributed by atoms with E-state index in [1.165, 1.54) is 12.8 Å². The van der Waals surface area contributed by atoms with Crippen LogP contribution in [0.5, 0.6) is 0 Å². The Kier molecular flexibility index (Phi) is 4.75. The Morgan fingerprint density at radius 3 is 3.12 bits per heavy atom. The van der Waals surface area contributed by atoms with Crippen LogP contribution in [0.1, 0.15) is 19.8 Å². The number of rotatable bonds is 4. The maximum absolute atomic E-state index is 5.96. The number of halogens is 1. The minimum Gasteiger partial charge on any atom is -0.350 e. The average Bonchev–Trinajstić information content (AvgIpc) is 2.74. The minimum atomic E-state index is 0.745. The van der Waals surface area contributed by atoms with Gasteiger partial charge in [0.1, 0.15) is 0 Å². The van der Waals surface area contributed by atoms with Crippen LogP contribution in [0.4, 0.5) is 5.69 Å². The summed E-state index contributed by atoms with van der Waals surface area (Å²) in [7, 11) is 0. The molecule has 2 nitrogen and oxygen atoms in total. The molecule has 1 aromatic rings. The fourth-order valence-corrected chi connectivity index (χ4v) is 2.96. The van der Waals surface area contributed by atoms with Gasteiger partial charge in [-0.3, -0.25) is 0 Å². The van der Waals surface area contributed by atoms with Crippen molar-refractivity contribution in [1.82, 2.24) is 4.90 Å². The highest BCUT2D eigenvalue weighted by molar-refractivity contribution is 8.14. The fourth-order valence-electron chi connectivity index (χ4n) is 1.75. The van der Waals surface area contributed by atoms with Crippen molar-refractivity contribution in [1.29, 1.82) is 0 Å². The molecule has 0 bridgehead atoms. The first-order valence-electron chi connectivity index (χ1n) is 6.01. The van der Waals surface area contributed by atoms with Crippen molar-refractivity contribution in [3.05, 3.63) is 29.3 Å². The number of benzene rings is 1. The maximum Gasteiger partial charge on any atom is 0.164 e. The molecule has 0 N–H and O–H groups in total. The smallest absolute Gasteiger partial charge is 0.164 e. The number of nitrogens with zero attached hydrogens (tertiary/aromatic N) is 2. The predicted octanol–water partition coefficient (Wildman–Crippen LogP) is 4.18. The molecule has 17 heavy (non-hydrogen) atoms. The van der Waals surface area contributed by atoms with E-state index in [4.69, 9.17) is 11.6 Å². The van der Waals surface area contributed by atoms with Crippen LogP contribution in [-0.4, -0.2) is 28.9 Å². The molecule has 0 aromatic heterocycles. The summed E-state index contributed by atoms with van der Waals surface area (Å²) in [4.78, 5) is 7.04. The van der Waals surface area contributed by atoms with E-state index in [9.17, 15) is 0 Å². The van der Waals surface area contributed by atoms with Crippen molar-refractivity contribution in [2.75, 3.05) is 18.8 Å². The second kappa shape index (κ2) is 6.31. The van der Waals surface area contributed by atoms with Crippen molar-refractivity contribution >= 4 is 34.2 Å². The van der Waals surface area contributed by atoms with Gasteiger partial charge in [0.2, 0.25) is 0 Å². The van der Waals surface area contributed by atoms with Gasteiger partial charge in [0.25, 0.3) is 0 Å². The van der Waals surface area contributed by atoms with Crippen LogP contribution in [0.15, 0.2) is 29.3 Å². The number of aliphatic imine (C=N–C) groups is 1. The van der Waals surface area contributed by atoms with Crippen LogP contribution in [0.2, 0.25) is 5.02 Å². The fraction of sp³-hybridized carbons (Fsp3) is 0.462. The Hall–Kier alpha value is -0.670. The molecular formula is C13H17ClN2S. The molecule has 0 spiro atoms. The molecule has 0 atom stereocenters. The van der Waals surface area contributed by atoms with E-state index in [1.807, 2.05) is 36.0 Å². The largest absolute Gasteiger partial charge is 0.350 e. The van der Waals surface area contributed by atoms with Crippen molar-refractivity contribution in [3.8, 4) is 0 Å². The summed E-state index contributed by atoms with van der Waals surface area (Å²) in [6.45, 7) is 4.45. The topological polar surface area (TPSA) is 15.6 Å². The Morgan fingerprint density at radius 1 is 1.47 bits per heavy atom. The van der Waals surface area contributed by atoms with Crippen LogP contribution in [0.3, 0.4) is 0 Å². The van der Waals surface area contributed by atoms with E-state index in [0.717, 1.165) is 34.7 Å². The Bertz CT molecular complexity index is 406. The van der Waals surface area contributed by atoms with Gasteiger partial charge < -0.3 is 4.90 Å². The molecule has 1 heterocycles. The predicted molar refractivity (Wildman–Crippen MR) is 77.5 cm³/mol. The van der Waals surface area contributed by atoms with E-state index in [-0.39, 0.29) is 0 Å². The summed E-state index contributed by atoms with van der Waals surface area (Å²) in [6, 6.07) is 7.72. The molecule has 1 saturated heterocycles. The third kappa shape index (κ3) is 3.65. The van der Waals surface area contributed by atoms with Gasteiger partial charge in [-0.05, 0) is 24.6 Å². The second-order valence-electron chi connectivity index (χ2n) is 4.06. The Morgan fingerprint density at radius 2 is 2.35 bits per heavy atom. The summed E-state index contributed by atoms with van der Waals surface area (Å²) in [5.74, 6) is 1.14. The summed E-state index contributed by atoms with van der Waals surface area (Å²) in [6.07, 6.45) is 2.46. The number of hydrogen-bond acceptors (Lipinski definition) is 2. The van der Waals surface area contributed by atoms with E-state index < -0.39 is 0 Å². The summed E-state index contributed by atoms with van der Waals surface area (Å²) >= 11 is 7.80. The summed E-state index contributed by atoms with van der Waals surface area (Å²) < 4.78 is 0. The molecule has 0 saturated carbocycles. The van der Waals surface area contributed by atoms with Crippen molar-refractivity contribution in [3.63, 3.8) is 0 Å². The molecule has 1 aliphatic heterocycles. The van der Waals surface area contributed by atoms with Gasteiger partial charge in [0.15, 0.2) is 5.17 Å². The standard InChI is InChI=1S/C13H17ClN2S/c1-2-3-7-16-8-9-17-13(16)15-12-6-4-5-11(14)10-12/h4-6,10H,2-3,7-9H2,1H3. The quantitative estimate of drug-likeness (QED) is 0.814. The normalized spacial score (nSPS) is 18.0. The molecular weight excluding hydrogens is 252 g/mol. The van der Waals surface area contributed by atoms with Crippen molar-refractivity contribution in [2.24, 2.45) is 4.99 Å². The third-order valence-corrected chi connectivity index (χ3v) is 3.91. The summed E-state index contributed by atoms with van der Waals surface area (Å²) in [5, 5.41) is 1.88. The molecule has 1 aromatic carbocycles. The van der Waals surface area contributed by atoms with Crippen LogP contribution >= 0.6 is 23.4 Å². The van der Waals surface area contributed by atoms with E-state index in [2.05, 4.69) is 16.8 Å². The van der Waals surface area contributed by atoms with Crippen LogP contribution in [0.25, 0.3) is 0 Å². The molecule has 0 aliphatic carbocycles. The van der Waals surface area contributed by atoms with Crippen LogP contribution in [-0.2, 0) is 0 Å². The second-order valence-corrected chi connectivity index (χ2v) is 5.56. The third-order valence-electron chi connectivity index (χ3n) is 2.68. The van der Waals surface area contributed by atoms with E-state index >= 15 is 0 Å².